The van der Waals surface area contributed by atoms with Gasteiger partial charge in [0.15, 0.2) is 0 Å². The van der Waals surface area contributed by atoms with Crippen molar-refractivity contribution in [3.63, 3.8) is 0 Å². The van der Waals surface area contributed by atoms with Crippen LogP contribution in [0.5, 0.6) is 0 Å². The predicted molar refractivity (Wildman–Crippen MR) is 152 cm³/mol. The van der Waals surface area contributed by atoms with Crippen molar-refractivity contribution in [3.8, 4) is 11.1 Å². The molecule has 192 valence electrons. The second-order valence-electron chi connectivity index (χ2n) is 9.33. The smallest absolute Gasteiger partial charge is 0.270 e. The summed E-state index contributed by atoms with van der Waals surface area (Å²) in [6.07, 6.45) is 1.26. The molecule has 0 atom stereocenters. The summed E-state index contributed by atoms with van der Waals surface area (Å²) < 4.78 is 29.6. The standard InChI is InChI=1S/C31H29N3O3S/c1-4-26-19-29-22(2)18-23(3)32-31(29)33(26)20-24-14-16-25(17-15-24)28-12-8-9-13-30(28)34(21-35)38(36,37)27-10-6-5-7-11-27/h5-19,21H,4,20H2,1-3H3. The fourth-order valence-corrected chi connectivity index (χ4v) is 6.15. The van der Waals surface area contributed by atoms with Crippen molar-refractivity contribution in [1.82, 2.24) is 9.55 Å². The average Bonchev–Trinajstić information content (AvgIpc) is 3.28. The van der Waals surface area contributed by atoms with Gasteiger partial charge in [0.25, 0.3) is 10.0 Å². The number of nitrogens with zero attached hydrogens (tertiary/aromatic N) is 3. The highest BCUT2D eigenvalue weighted by Gasteiger charge is 2.26. The summed E-state index contributed by atoms with van der Waals surface area (Å²) in [5.74, 6) is 0. The number of hydrogen-bond donors (Lipinski definition) is 0. The molecular weight excluding hydrogens is 494 g/mol. The highest BCUT2D eigenvalue weighted by atomic mass is 32.2. The van der Waals surface area contributed by atoms with Gasteiger partial charge in [-0.2, -0.15) is 0 Å². The Bertz CT molecular complexity index is 1720. The van der Waals surface area contributed by atoms with Crippen LogP contribution in [0.15, 0.2) is 95.9 Å². The minimum atomic E-state index is -4.06. The van der Waals surface area contributed by atoms with Crippen LogP contribution >= 0.6 is 0 Å². The van der Waals surface area contributed by atoms with Gasteiger partial charge in [0.2, 0.25) is 6.41 Å². The molecule has 0 aliphatic heterocycles. The van der Waals surface area contributed by atoms with E-state index in [0.29, 0.717) is 24.2 Å². The molecule has 2 aromatic heterocycles. The second-order valence-corrected chi connectivity index (χ2v) is 11.1. The molecule has 1 amide bonds. The largest absolute Gasteiger partial charge is 0.325 e. The molecule has 0 saturated heterocycles. The molecule has 3 aromatic carbocycles. The minimum absolute atomic E-state index is 0.0574. The van der Waals surface area contributed by atoms with Gasteiger partial charge in [-0.3, -0.25) is 4.79 Å². The Hall–Kier alpha value is -4.23. The van der Waals surface area contributed by atoms with Gasteiger partial charge in [-0.15, -0.1) is 0 Å². The van der Waals surface area contributed by atoms with Gasteiger partial charge in [-0.1, -0.05) is 67.6 Å². The Kier molecular flexibility index (Phi) is 6.87. The van der Waals surface area contributed by atoms with E-state index in [9.17, 15) is 13.2 Å². The summed E-state index contributed by atoms with van der Waals surface area (Å²) in [5.41, 5.74) is 7.30. The van der Waals surface area contributed by atoms with Gasteiger partial charge in [0.05, 0.1) is 10.6 Å². The van der Waals surface area contributed by atoms with Crippen molar-refractivity contribution in [1.29, 1.82) is 0 Å². The number of pyridine rings is 1. The van der Waals surface area contributed by atoms with E-state index in [1.54, 1.807) is 30.3 Å². The fraction of sp³-hybridized carbons (Fsp3) is 0.161. The second kappa shape index (κ2) is 10.3. The van der Waals surface area contributed by atoms with E-state index in [-0.39, 0.29) is 4.90 Å². The van der Waals surface area contributed by atoms with Gasteiger partial charge in [0, 0.05) is 28.9 Å². The Morgan fingerprint density at radius 3 is 2.26 bits per heavy atom. The van der Waals surface area contributed by atoms with E-state index < -0.39 is 10.0 Å². The van der Waals surface area contributed by atoms with E-state index >= 15 is 0 Å². The first-order valence-corrected chi connectivity index (χ1v) is 14.0. The number of aryl methyl sites for hydroxylation is 3. The number of carbonyl (C=O) groups excluding carboxylic acids is 1. The summed E-state index contributed by atoms with van der Waals surface area (Å²) in [4.78, 5) is 17.0. The lowest BCUT2D eigenvalue weighted by Crippen LogP contribution is -2.30. The number of carbonyl (C=O) groups is 1. The van der Waals surface area contributed by atoms with Crippen LogP contribution in [0.1, 0.15) is 29.4 Å². The van der Waals surface area contributed by atoms with Gasteiger partial charge >= 0.3 is 0 Å². The summed E-state index contributed by atoms with van der Waals surface area (Å²) in [7, 11) is -4.06. The first kappa shape index (κ1) is 25.4. The zero-order chi connectivity index (χ0) is 26.9. The molecule has 0 N–H and O–H groups in total. The number of anilines is 1. The molecule has 7 heteroatoms. The molecule has 0 aliphatic carbocycles. The summed E-state index contributed by atoms with van der Waals surface area (Å²) >= 11 is 0. The number of amides is 1. The first-order chi connectivity index (χ1) is 18.3. The summed E-state index contributed by atoms with van der Waals surface area (Å²) in [6.45, 7) is 6.96. The van der Waals surface area contributed by atoms with Crippen LogP contribution in [-0.2, 0) is 27.8 Å². The van der Waals surface area contributed by atoms with E-state index in [2.05, 4.69) is 30.5 Å². The van der Waals surface area contributed by atoms with Crippen LogP contribution in [0, 0.1) is 13.8 Å². The van der Waals surface area contributed by atoms with Crippen molar-refractivity contribution >= 4 is 33.2 Å². The molecule has 0 saturated carbocycles. The molecule has 0 fully saturated rings. The Balaban J connectivity index is 1.50. The molecule has 0 spiro atoms. The highest BCUT2D eigenvalue weighted by molar-refractivity contribution is 7.93. The molecule has 0 aliphatic rings. The minimum Gasteiger partial charge on any atom is -0.325 e. The third kappa shape index (κ3) is 4.61. The molecule has 38 heavy (non-hydrogen) atoms. The van der Waals surface area contributed by atoms with Gasteiger partial charge < -0.3 is 4.57 Å². The van der Waals surface area contributed by atoms with Crippen LogP contribution in [0.25, 0.3) is 22.2 Å². The van der Waals surface area contributed by atoms with Crippen molar-refractivity contribution in [2.75, 3.05) is 4.31 Å². The van der Waals surface area contributed by atoms with Crippen molar-refractivity contribution in [2.24, 2.45) is 0 Å². The SMILES string of the molecule is CCc1cc2c(C)cc(C)nc2n1Cc1ccc(-c2ccccc2N(C=O)S(=O)(=O)c2ccccc2)cc1. The maximum absolute atomic E-state index is 13.3. The quantitative estimate of drug-likeness (QED) is 0.224. The van der Waals surface area contributed by atoms with Crippen molar-refractivity contribution in [2.45, 2.75) is 38.6 Å². The average molecular weight is 524 g/mol. The normalized spacial score (nSPS) is 11.6. The number of sulfonamides is 1. The monoisotopic (exact) mass is 523 g/mol. The number of fused-ring (bicyclic) bond motifs is 1. The Morgan fingerprint density at radius 1 is 0.895 bits per heavy atom. The van der Waals surface area contributed by atoms with Crippen molar-refractivity contribution in [3.05, 3.63) is 114 Å². The fourth-order valence-electron chi connectivity index (χ4n) is 4.89. The topological polar surface area (TPSA) is 72.3 Å². The van der Waals surface area contributed by atoms with E-state index in [0.717, 1.165) is 33.2 Å². The van der Waals surface area contributed by atoms with Gasteiger partial charge in [-0.25, -0.2) is 17.7 Å². The molecule has 0 unspecified atom stereocenters. The van der Waals surface area contributed by atoms with Crippen LogP contribution in [-0.4, -0.2) is 24.4 Å². The first-order valence-electron chi connectivity index (χ1n) is 12.5. The molecule has 0 bridgehead atoms. The van der Waals surface area contributed by atoms with Crippen LogP contribution in [0.4, 0.5) is 5.69 Å². The predicted octanol–water partition coefficient (Wildman–Crippen LogP) is 6.28. The van der Waals surface area contributed by atoms with E-state index in [1.807, 2.05) is 43.3 Å². The van der Waals surface area contributed by atoms with Gasteiger partial charge in [-0.05, 0) is 67.3 Å². The van der Waals surface area contributed by atoms with Crippen LogP contribution in [0.2, 0.25) is 0 Å². The van der Waals surface area contributed by atoms with Crippen LogP contribution in [0.3, 0.4) is 0 Å². The lowest BCUT2D eigenvalue weighted by atomic mass is 10.0. The molecule has 0 radical (unpaired) electrons. The highest BCUT2D eigenvalue weighted by Crippen LogP contribution is 2.34. The molecular formula is C31H29N3O3S. The lowest BCUT2D eigenvalue weighted by Gasteiger charge is -2.21. The maximum Gasteiger partial charge on any atom is 0.270 e. The van der Waals surface area contributed by atoms with E-state index in [4.69, 9.17) is 4.98 Å². The summed E-state index contributed by atoms with van der Waals surface area (Å²) in [6, 6.07) is 27.3. The third-order valence-electron chi connectivity index (χ3n) is 6.79. The maximum atomic E-state index is 13.3. The number of rotatable bonds is 8. The number of hydrogen-bond acceptors (Lipinski definition) is 4. The molecule has 5 rings (SSSR count). The van der Waals surface area contributed by atoms with Crippen molar-refractivity contribution < 1.29 is 13.2 Å². The summed E-state index contributed by atoms with van der Waals surface area (Å²) in [5, 5.41) is 1.17. The zero-order valence-corrected chi connectivity index (χ0v) is 22.4. The Labute approximate surface area is 223 Å². The zero-order valence-electron chi connectivity index (χ0n) is 21.6. The molecule has 5 aromatic rings. The third-order valence-corrected chi connectivity index (χ3v) is 8.46. The van der Waals surface area contributed by atoms with Gasteiger partial charge in [0.1, 0.15) is 5.65 Å². The number of benzene rings is 3. The number of para-hydroxylation sites is 1. The number of aromatic nitrogens is 2. The van der Waals surface area contributed by atoms with E-state index in [1.165, 1.54) is 28.8 Å². The van der Waals surface area contributed by atoms with Crippen LogP contribution < -0.4 is 4.31 Å². The Morgan fingerprint density at radius 2 is 1.58 bits per heavy atom. The molecule has 6 nitrogen and oxygen atoms in total. The lowest BCUT2D eigenvalue weighted by molar-refractivity contribution is -0.106. The molecule has 2 heterocycles.